The van der Waals surface area contributed by atoms with Crippen LogP contribution in [0.1, 0.15) is 26.3 Å². The Bertz CT molecular complexity index is 847. The average molecular weight is 386 g/mol. The third-order valence-corrected chi connectivity index (χ3v) is 3.84. The van der Waals surface area contributed by atoms with Gasteiger partial charge in [-0.1, -0.05) is 24.4 Å². The van der Waals surface area contributed by atoms with Crippen molar-refractivity contribution in [1.82, 2.24) is 5.32 Å². The molecule has 0 aliphatic rings. The fraction of sp³-hybridized carbons (Fsp3) is 0.158. The number of hydrogen-bond acceptors (Lipinski definition) is 6. The van der Waals surface area contributed by atoms with Crippen LogP contribution < -0.4 is 15.8 Å². The molecule has 2 aromatic carbocycles. The maximum absolute atomic E-state index is 12.2. The van der Waals surface area contributed by atoms with E-state index in [4.69, 9.17) is 22.7 Å². The molecule has 0 aliphatic heterocycles. The Hall–Kier alpha value is -3.26. The zero-order chi connectivity index (χ0) is 19.8. The summed E-state index contributed by atoms with van der Waals surface area (Å²) < 4.78 is 9.67. The fourth-order valence-electron chi connectivity index (χ4n) is 2.09. The summed E-state index contributed by atoms with van der Waals surface area (Å²) in [6.07, 6.45) is 0. The number of Topliss-reactive ketones (excluding diaryl/α,β-unsaturated/α-hetero) is 1. The van der Waals surface area contributed by atoms with E-state index in [1.807, 2.05) is 0 Å². The van der Waals surface area contributed by atoms with E-state index in [1.165, 1.54) is 7.11 Å². The van der Waals surface area contributed by atoms with E-state index in [2.05, 4.69) is 10.1 Å². The Morgan fingerprint density at radius 2 is 1.52 bits per heavy atom. The SMILES string of the molecule is COC(=O)COc1ccc(C(=O)CNC(=O)c2ccc(C(N)=S)cc2)cc1. The summed E-state index contributed by atoms with van der Waals surface area (Å²) in [4.78, 5) is 35.6. The normalized spacial score (nSPS) is 9.96. The third-order valence-electron chi connectivity index (χ3n) is 3.60. The van der Waals surface area contributed by atoms with Gasteiger partial charge >= 0.3 is 5.97 Å². The first-order valence-electron chi connectivity index (χ1n) is 7.91. The topological polar surface area (TPSA) is 108 Å². The molecule has 2 aromatic rings. The quantitative estimate of drug-likeness (QED) is 0.402. The molecule has 2 rings (SSSR count). The van der Waals surface area contributed by atoms with E-state index in [-0.39, 0.29) is 29.8 Å². The van der Waals surface area contributed by atoms with Gasteiger partial charge in [0.25, 0.3) is 5.91 Å². The number of amides is 1. The van der Waals surface area contributed by atoms with Crippen molar-refractivity contribution in [3.63, 3.8) is 0 Å². The fourth-order valence-corrected chi connectivity index (χ4v) is 2.22. The average Bonchev–Trinajstić information content (AvgIpc) is 2.70. The van der Waals surface area contributed by atoms with Crippen molar-refractivity contribution in [2.75, 3.05) is 20.3 Å². The van der Waals surface area contributed by atoms with Crippen molar-refractivity contribution in [3.8, 4) is 5.75 Å². The van der Waals surface area contributed by atoms with Gasteiger partial charge < -0.3 is 20.5 Å². The highest BCUT2D eigenvalue weighted by molar-refractivity contribution is 7.80. The molecule has 3 N–H and O–H groups in total. The summed E-state index contributed by atoms with van der Waals surface area (Å²) in [6, 6.07) is 12.7. The van der Waals surface area contributed by atoms with Gasteiger partial charge in [0.05, 0.1) is 13.7 Å². The number of hydrogen-bond donors (Lipinski definition) is 2. The van der Waals surface area contributed by atoms with Crippen LogP contribution in [0.4, 0.5) is 0 Å². The molecule has 0 aliphatic carbocycles. The number of methoxy groups -OCH3 is 1. The van der Waals surface area contributed by atoms with E-state index in [0.717, 1.165) is 0 Å². The van der Waals surface area contributed by atoms with Gasteiger partial charge in [-0.2, -0.15) is 0 Å². The summed E-state index contributed by atoms with van der Waals surface area (Å²) in [5.74, 6) is -0.712. The molecule has 0 bridgehead atoms. The lowest BCUT2D eigenvalue weighted by Gasteiger charge is -2.07. The van der Waals surface area contributed by atoms with E-state index in [0.29, 0.717) is 22.4 Å². The van der Waals surface area contributed by atoms with E-state index in [9.17, 15) is 14.4 Å². The van der Waals surface area contributed by atoms with Gasteiger partial charge in [0.15, 0.2) is 12.4 Å². The number of rotatable bonds is 8. The van der Waals surface area contributed by atoms with Crippen LogP contribution in [0, 0.1) is 0 Å². The number of ether oxygens (including phenoxy) is 2. The summed E-state index contributed by atoms with van der Waals surface area (Å²) in [7, 11) is 1.27. The molecule has 0 saturated carbocycles. The third kappa shape index (κ3) is 5.89. The molecular weight excluding hydrogens is 368 g/mol. The zero-order valence-electron chi connectivity index (χ0n) is 14.6. The van der Waals surface area contributed by atoms with Gasteiger partial charge in [-0.05, 0) is 36.4 Å². The van der Waals surface area contributed by atoms with Crippen molar-refractivity contribution >= 4 is 34.9 Å². The molecule has 0 radical (unpaired) electrons. The first-order chi connectivity index (χ1) is 12.9. The summed E-state index contributed by atoms with van der Waals surface area (Å²) in [5.41, 5.74) is 6.97. The Morgan fingerprint density at radius 1 is 0.963 bits per heavy atom. The first-order valence-corrected chi connectivity index (χ1v) is 8.32. The van der Waals surface area contributed by atoms with Crippen LogP contribution in [0.2, 0.25) is 0 Å². The van der Waals surface area contributed by atoms with Crippen molar-refractivity contribution in [2.24, 2.45) is 5.73 Å². The highest BCUT2D eigenvalue weighted by Crippen LogP contribution is 2.12. The number of benzene rings is 2. The van der Waals surface area contributed by atoms with Crippen LogP contribution in [0.25, 0.3) is 0 Å². The molecule has 0 aromatic heterocycles. The molecule has 0 saturated heterocycles. The van der Waals surface area contributed by atoms with Gasteiger partial charge in [0.1, 0.15) is 10.7 Å². The predicted octanol–water partition coefficient (Wildman–Crippen LogP) is 1.49. The molecule has 1 amide bonds. The molecule has 0 unspecified atom stereocenters. The first kappa shape index (κ1) is 20.1. The van der Waals surface area contributed by atoms with Gasteiger partial charge in [-0.15, -0.1) is 0 Å². The Kier molecular flexibility index (Phi) is 7.01. The maximum atomic E-state index is 12.2. The number of thiocarbonyl (C=S) groups is 1. The van der Waals surface area contributed by atoms with Crippen LogP contribution in [0.5, 0.6) is 5.75 Å². The van der Waals surface area contributed by atoms with Crippen LogP contribution in [0.15, 0.2) is 48.5 Å². The van der Waals surface area contributed by atoms with Gasteiger partial charge in [-0.3, -0.25) is 9.59 Å². The van der Waals surface area contributed by atoms with Gasteiger partial charge in [0.2, 0.25) is 0 Å². The van der Waals surface area contributed by atoms with Crippen LogP contribution in [-0.2, 0) is 9.53 Å². The Balaban J connectivity index is 1.88. The number of esters is 1. The lowest BCUT2D eigenvalue weighted by atomic mass is 10.1. The molecule has 7 nitrogen and oxygen atoms in total. The minimum atomic E-state index is -0.501. The molecule has 0 fully saturated rings. The Morgan fingerprint density at radius 3 is 2.07 bits per heavy atom. The highest BCUT2D eigenvalue weighted by Gasteiger charge is 2.11. The minimum absolute atomic E-state index is 0.155. The van der Waals surface area contributed by atoms with E-state index < -0.39 is 5.97 Å². The predicted molar refractivity (Wildman–Crippen MR) is 103 cm³/mol. The van der Waals surface area contributed by atoms with Gasteiger partial charge in [-0.25, -0.2) is 4.79 Å². The molecule has 140 valence electrons. The Labute approximate surface area is 161 Å². The maximum Gasteiger partial charge on any atom is 0.343 e. The highest BCUT2D eigenvalue weighted by atomic mass is 32.1. The summed E-state index contributed by atoms with van der Waals surface area (Å²) in [5, 5.41) is 2.56. The number of carbonyl (C=O) groups is 3. The van der Waals surface area contributed by atoms with E-state index >= 15 is 0 Å². The second-order valence-corrected chi connectivity index (χ2v) is 5.88. The number of nitrogens with two attached hydrogens (primary N) is 1. The van der Waals surface area contributed by atoms with Crippen LogP contribution in [0.3, 0.4) is 0 Å². The standard InChI is InChI=1S/C19H18N2O5S/c1-25-17(23)11-26-15-8-6-12(7-9-15)16(22)10-21-19(24)14-4-2-13(3-5-14)18(20)27/h2-9H,10-11H2,1H3,(H2,20,27)(H,21,24). The molecule has 0 heterocycles. The van der Waals surface area contributed by atoms with Crippen molar-refractivity contribution in [2.45, 2.75) is 0 Å². The van der Waals surface area contributed by atoms with Crippen molar-refractivity contribution in [1.29, 1.82) is 0 Å². The van der Waals surface area contributed by atoms with Crippen LogP contribution >= 0.6 is 12.2 Å². The smallest absolute Gasteiger partial charge is 0.343 e. The largest absolute Gasteiger partial charge is 0.482 e. The summed E-state index contributed by atoms with van der Waals surface area (Å²) in [6.45, 7) is -0.369. The number of carbonyl (C=O) groups excluding carboxylic acids is 3. The number of nitrogens with one attached hydrogen (secondary N) is 1. The summed E-state index contributed by atoms with van der Waals surface area (Å²) >= 11 is 4.86. The molecule has 0 spiro atoms. The van der Waals surface area contributed by atoms with Gasteiger partial charge in [0, 0.05) is 16.7 Å². The molecule has 27 heavy (non-hydrogen) atoms. The minimum Gasteiger partial charge on any atom is -0.482 e. The molecule has 8 heteroatoms. The zero-order valence-corrected chi connectivity index (χ0v) is 15.4. The molecule has 0 atom stereocenters. The number of ketones is 1. The van der Waals surface area contributed by atoms with Crippen molar-refractivity contribution < 1.29 is 23.9 Å². The molecular formula is C19H18N2O5S. The second-order valence-electron chi connectivity index (χ2n) is 5.44. The monoisotopic (exact) mass is 386 g/mol. The lowest BCUT2D eigenvalue weighted by Crippen LogP contribution is -2.29. The van der Waals surface area contributed by atoms with Crippen molar-refractivity contribution in [3.05, 3.63) is 65.2 Å². The second kappa shape index (κ2) is 9.44. The lowest BCUT2D eigenvalue weighted by molar-refractivity contribution is -0.142. The van der Waals surface area contributed by atoms with Crippen LogP contribution in [-0.4, -0.2) is 42.9 Å². The van der Waals surface area contributed by atoms with E-state index in [1.54, 1.807) is 48.5 Å².